The molecule has 2 N–H and O–H groups in total. The van der Waals surface area contributed by atoms with E-state index in [9.17, 15) is 4.39 Å². The maximum atomic E-state index is 14.2. The summed E-state index contributed by atoms with van der Waals surface area (Å²) in [5, 5.41) is 12.2. The molecule has 0 aliphatic rings. The van der Waals surface area contributed by atoms with Crippen molar-refractivity contribution in [3.63, 3.8) is 0 Å². The number of methoxy groups -OCH3 is 1. The van der Waals surface area contributed by atoms with E-state index in [-0.39, 0.29) is 18.2 Å². The summed E-state index contributed by atoms with van der Waals surface area (Å²) in [5.74, 6) is 0.150. The van der Waals surface area contributed by atoms with Gasteiger partial charge in [0.05, 0.1) is 6.61 Å². The Balaban J connectivity index is 1.73. The van der Waals surface area contributed by atoms with Gasteiger partial charge in [0.2, 0.25) is 5.82 Å². The monoisotopic (exact) mass is 380 g/mol. The van der Waals surface area contributed by atoms with Crippen molar-refractivity contribution in [3.05, 3.63) is 65.6 Å². The van der Waals surface area contributed by atoms with Gasteiger partial charge in [-0.2, -0.15) is 4.98 Å². The molecular weight excluding hydrogens is 363 g/mol. The molecule has 0 spiro atoms. The Morgan fingerprint density at radius 2 is 1.93 bits per heavy atom. The maximum Gasteiger partial charge on any atom is 0.280 e. The molecule has 0 aliphatic heterocycles. The normalized spacial score (nSPS) is 11.1. The maximum absolute atomic E-state index is 14.2. The Morgan fingerprint density at radius 1 is 1.14 bits per heavy atom. The van der Waals surface area contributed by atoms with E-state index in [4.69, 9.17) is 15.0 Å². The van der Waals surface area contributed by atoms with Gasteiger partial charge in [0.15, 0.2) is 5.69 Å². The number of nitrogens with two attached hydrogens (primary N) is 1. The number of benzene rings is 2. The van der Waals surface area contributed by atoms with Crippen LogP contribution in [0.2, 0.25) is 0 Å². The zero-order chi connectivity index (χ0) is 19.5. The van der Waals surface area contributed by atoms with E-state index < -0.39 is 5.82 Å². The van der Waals surface area contributed by atoms with Crippen LogP contribution in [-0.2, 0) is 17.9 Å². The molecule has 8 nitrogen and oxygen atoms in total. The number of hydrogen-bond acceptors (Lipinski definition) is 7. The van der Waals surface area contributed by atoms with Crippen molar-refractivity contribution in [2.45, 2.75) is 13.2 Å². The van der Waals surface area contributed by atoms with Crippen LogP contribution >= 0.6 is 0 Å². The number of aromatic nitrogens is 5. The standard InChI is InChI=1S/C19H17FN6O2/c1-27-11-16-17(23-25-26(16)15-5-3-2-4-14(15)20)19-22-18(24-28-19)13-8-6-12(10-21)7-9-13/h2-9H,10-11,21H2,1H3. The molecule has 0 saturated carbocycles. The highest BCUT2D eigenvalue weighted by molar-refractivity contribution is 5.59. The molecule has 0 radical (unpaired) electrons. The Labute approximate surface area is 159 Å². The summed E-state index contributed by atoms with van der Waals surface area (Å²) in [7, 11) is 1.53. The lowest BCUT2D eigenvalue weighted by molar-refractivity contribution is 0.179. The van der Waals surface area contributed by atoms with Crippen LogP contribution in [0, 0.1) is 5.82 Å². The van der Waals surface area contributed by atoms with E-state index in [1.807, 2.05) is 24.3 Å². The first-order valence-electron chi connectivity index (χ1n) is 8.53. The lowest BCUT2D eigenvalue weighted by Crippen LogP contribution is -2.06. The van der Waals surface area contributed by atoms with Gasteiger partial charge < -0.3 is 15.0 Å². The fourth-order valence-electron chi connectivity index (χ4n) is 2.78. The Hall–Kier alpha value is -3.43. The first kappa shape index (κ1) is 18.0. The van der Waals surface area contributed by atoms with Gasteiger partial charge in [0.1, 0.15) is 17.2 Å². The Morgan fingerprint density at radius 3 is 2.64 bits per heavy atom. The minimum Gasteiger partial charge on any atom is -0.378 e. The molecule has 0 saturated heterocycles. The van der Waals surface area contributed by atoms with Crippen molar-refractivity contribution < 1.29 is 13.7 Å². The molecule has 0 amide bonds. The van der Waals surface area contributed by atoms with E-state index >= 15 is 0 Å². The number of hydrogen-bond donors (Lipinski definition) is 1. The third-order valence-electron chi connectivity index (χ3n) is 4.20. The third-order valence-corrected chi connectivity index (χ3v) is 4.20. The average molecular weight is 380 g/mol. The zero-order valence-electron chi connectivity index (χ0n) is 15.0. The van der Waals surface area contributed by atoms with Crippen molar-refractivity contribution in [1.82, 2.24) is 25.1 Å². The van der Waals surface area contributed by atoms with Crippen LogP contribution in [0.3, 0.4) is 0 Å². The quantitative estimate of drug-likeness (QED) is 0.548. The summed E-state index contributed by atoms with van der Waals surface area (Å²) in [6.45, 7) is 0.594. The second kappa shape index (κ2) is 7.67. The topological polar surface area (TPSA) is 105 Å². The number of ether oxygens (including phenoxy) is 1. The van der Waals surface area contributed by atoms with Gasteiger partial charge in [0, 0.05) is 19.2 Å². The third kappa shape index (κ3) is 3.28. The predicted molar refractivity (Wildman–Crippen MR) is 98.6 cm³/mol. The molecule has 4 aromatic rings. The summed E-state index contributed by atoms with van der Waals surface area (Å²) >= 11 is 0. The molecule has 0 bridgehead atoms. The van der Waals surface area contributed by atoms with Crippen molar-refractivity contribution >= 4 is 0 Å². The van der Waals surface area contributed by atoms with E-state index in [2.05, 4.69) is 20.5 Å². The molecule has 2 aromatic heterocycles. The molecule has 2 aromatic carbocycles. The molecule has 2 heterocycles. The summed E-state index contributed by atoms with van der Waals surface area (Å²) in [5.41, 5.74) is 8.49. The fraction of sp³-hybridized carbons (Fsp3) is 0.158. The summed E-state index contributed by atoms with van der Waals surface area (Å²) in [6.07, 6.45) is 0. The zero-order valence-corrected chi connectivity index (χ0v) is 15.0. The van der Waals surface area contributed by atoms with Crippen LogP contribution < -0.4 is 5.73 Å². The minimum atomic E-state index is -0.428. The van der Waals surface area contributed by atoms with E-state index in [0.717, 1.165) is 11.1 Å². The largest absolute Gasteiger partial charge is 0.378 e. The molecular formula is C19H17FN6O2. The molecule has 0 unspecified atom stereocenters. The van der Waals surface area contributed by atoms with Gasteiger partial charge in [0.25, 0.3) is 5.89 Å². The van der Waals surface area contributed by atoms with Gasteiger partial charge in [-0.15, -0.1) is 5.10 Å². The van der Waals surface area contributed by atoms with Crippen LogP contribution in [0.1, 0.15) is 11.3 Å². The second-order valence-electron chi connectivity index (χ2n) is 6.01. The van der Waals surface area contributed by atoms with E-state index in [1.165, 1.54) is 17.9 Å². The number of para-hydroxylation sites is 1. The summed E-state index contributed by atoms with van der Waals surface area (Å²) < 4.78 is 26.2. The molecule has 28 heavy (non-hydrogen) atoms. The van der Waals surface area contributed by atoms with Crippen molar-refractivity contribution in [1.29, 1.82) is 0 Å². The average Bonchev–Trinajstić information content (AvgIpc) is 3.36. The van der Waals surface area contributed by atoms with Crippen molar-refractivity contribution in [3.8, 4) is 28.7 Å². The second-order valence-corrected chi connectivity index (χ2v) is 6.01. The Bertz CT molecular complexity index is 1090. The minimum absolute atomic E-state index is 0.138. The first-order chi connectivity index (χ1) is 13.7. The van der Waals surface area contributed by atoms with Crippen molar-refractivity contribution in [2.75, 3.05) is 7.11 Å². The number of halogens is 1. The first-order valence-corrected chi connectivity index (χ1v) is 8.53. The molecule has 142 valence electrons. The highest BCUT2D eigenvalue weighted by Crippen LogP contribution is 2.26. The number of nitrogens with zero attached hydrogens (tertiary/aromatic N) is 5. The summed E-state index contributed by atoms with van der Waals surface area (Å²) in [4.78, 5) is 4.40. The van der Waals surface area contributed by atoms with Crippen LogP contribution in [0.4, 0.5) is 4.39 Å². The van der Waals surface area contributed by atoms with E-state index in [0.29, 0.717) is 23.8 Å². The van der Waals surface area contributed by atoms with Crippen molar-refractivity contribution in [2.24, 2.45) is 5.73 Å². The van der Waals surface area contributed by atoms with Gasteiger partial charge in [-0.25, -0.2) is 9.07 Å². The SMILES string of the molecule is COCc1c(-c2nc(-c3ccc(CN)cc3)no2)nnn1-c1ccccc1F. The van der Waals surface area contributed by atoms with E-state index in [1.54, 1.807) is 18.2 Å². The van der Waals surface area contributed by atoms with Gasteiger partial charge >= 0.3 is 0 Å². The Kier molecular flexibility index (Phi) is 4.92. The highest BCUT2D eigenvalue weighted by atomic mass is 19.1. The number of rotatable bonds is 6. The van der Waals surface area contributed by atoms with Crippen LogP contribution in [0.15, 0.2) is 53.1 Å². The molecule has 0 fully saturated rings. The molecule has 4 rings (SSSR count). The van der Waals surface area contributed by atoms with Gasteiger partial charge in [-0.05, 0) is 17.7 Å². The van der Waals surface area contributed by atoms with Crippen LogP contribution in [0.25, 0.3) is 28.7 Å². The van der Waals surface area contributed by atoms with Gasteiger partial charge in [-0.1, -0.05) is 46.8 Å². The molecule has 0 aliphatic carbocycles. The van der Waals surface area contributed by atoms with Crippen LogP contribution in [-0.4, -0.2) is 32.2 Å². The lowest BCUT2D eigenvalue weighted by atomic mass is 10.1. The molecule has 0 atom stereocenters. The van der Waals surface area contributed by atoms with Crippen LogP contribution in [0.5, 0.6) is 0 Å². The van der Waals surface area contributed by atoms with Gasteiger partial charge in [-0.3, -0.25) is 0 Å². The predicted octanol–water partition coefficient (Wildman–Crippen LogP) is 2.73. The highest BCUT2D eigenvalue weighted by Gasteiger charge is 2.22. The fourth-order valence-corrected chi connectivity index (χ4v) is 2.78. The smallest absolute Gasteiger partial charge is 0.280 e. The lowest BCUT2D eigenvalue weighted by Gasteiger charge is -2.06. The molecule has 9 heteroatoms. The summed E-state index contributed by atoms with van der Waals surface area (Å²) in [6, 6.07) is 13.8.